The van der Waals surface area contributed by atoms with E-state index in [2.05, 4.69) is 10.0 Å². The van der Waals surface area contributed by atoms with Crippen LogP contribution in [0.5, 0.6) is 5.75 Å². The summed E-state index contributed by atoms with van der Waals surface area (Å²) in [5.41, 5.74) is 0.0878. The SMILES string of the molecule is CNC(=O)c1ccc(OC)c(NS(=O)(=O)c2ccc([N+](=O)[O-])cc2)c1. The van der Waals surface area contributed by atoms with Crippen LogP contribution in [-0.4, -0.2) is 33.4 Å². The summed E-state index contributed by atoms with van der Waals surface area (Å²) in [5.74, 6) is -0.170. The lowest BCUT2D eigenvalue weighted by Crippen LogP contribution is -2.19. The van der Waals surface area contributed by atoms with E-state index in [0.717, 1.165) is 24.3 Å². The van der Waals surface area contributed by atoms with Gasteiger partial charge in [0.05, 0.1) is 22.6 Å². The Morgan fingerprint density at radius 2 is 1.80 bits per heavy atom. The van der Waals surface area contributed by atoms with E-state index >= 15 is 0 Å². The van der Waals surface area contributed by atoms with Crippen LogP contribution >= 0.6 is 0 Å². The number of methoxy groups -OCH3 is 1. The monoisotopic (exact) mass is 365 g/mol. The lowest BCUT2D eigenvalue weighted by molar-refractivity contribution is -0.384. The summed E-state index contributed by atoms with van der Waals surface area (Å²) in [4.78, 5) is 21.6. The summed E-state index contributed by atoms with van der Waals surface area (Å²) >= 11 is 0. The van der Waals surface area contributed by atoms with Gasteiger partial charge in [0.2, 0.25) is 0 Å². The average Bonchev–Trinajstić information content (AvgIpc) is 2.60. The molecule has 2 N–H and O–H groups in total. The number of non-ortho nitro benzene ring substituents is 1. The molecule has 0 aliphatic carbocycles. The first-order valence-corrected chi connectivity index (χ1v) is 8.44. The number of carbonyl (C=O) groups excluding carboxylic acids is 1. The largest absolute Gasteiger partial charge is 0.495 e. The molecule has 0 fully saturated rings. The fourth-order valence-electron chi connectivity index (χ4n) is 2.02. The molecule has 0 atom stereocenters. The van der Waals surface area contributed by atoms with Crippen molar-refractivity contribution < 1.29 is 22.9 Å². The highest BCUT2D eigenvalue weighted by atomic mass is 32.2. The molecule has 9 nitrogen and oxygen atoms in total. The summed E-state index contributed by atoms with van der Waals surface area (Å²) in [5, 5.41) is 13.1. The Labute approximate surface area is 143 Å². The van der Waals surface area contributed by atoms with Gasteiger partial charge in [-0.15, -0.1) is 0 Å². The molecule has 0 saturated heterocycles. The zero-order chi connectivity index (χ0) is 18.6. The number of amides is 1. The van der Waals surface area contributed by atoms with E-state index in [9.17, 15) is 23.3 Å². The predicted octanol–water partition coefficient (Wildman–Crippen LogP) is 1.76. The van der Waals surface area contributed by atoms with Crippen molar-refractivity contribution in [1.29, 1.82) is 0 Å². The molecule has 0 heterocycles. The quantitative estimate of drug-likeness (QED) is 0.593. The second-order valence-corrected chi connectivity index (χ2v) is 6.53. The summed E-state index contributed by atoms with van der Waals surface area (Å²) in [6, 6.07) is 8.70. The molecule has 0 aliphatic heterocycles. The molecule has 0 bridgehead atoms. The van der Waals surface area contributed by atoms with Gasteiger partial charge in [-0.1, -0.05) is 0 Å². The number of anilines is 1. The van der Waals surface area contributed by atoms with E-state index in [1.54, 1.807) is 0 Å². The van der Waals surface area contributed by atoms with Crippen LogP contribution in [0.2, 0.25) is 0 Å². The number of nitro groups is 1. The number of rotatable bonds is 6. The lowest BCUT2D eigenvalue weighted by atomic mass is 10.2. The van der Waals surface area contributed by atoms with Crippen LogP contribution in [0.4, 0.5) is 11.4 Å². The fourth-order valence-corrected chi connectivity index (χ4v) is 3.09. The Morgan fingerprint density at radius 1 is 1.16 bits per heavy atom. The van der Waals surface area contributed by atoms with Crippen LogP contribution < -0.4 is 14.8 Å². The van der Waals surface area contributed by atoms with Crippen LogP contribution in [0.3, 0.4) is 0 Å². The third-order valence-corrected chi connectivity index (χ3v) is 4.67. The topological polar surface area (TPSA) is 128 Å². The summed E-state index contributed by atoms with van der Waals surface area (Å²) < 4.78 is 32.3. The zero-order valence-electron chi connectivity index (χ0n) is 13.3. The van der Waals surface area contributed by atoms with Crippen LogP contribution in [0, 0.1) is 10.1 Å². The molecular formula is C15H15N3O6S. The average molecular weight is 365 g/mol. The molecule has 2 aromatic rings. The normalized spacial score (nSPS) is 10.8. The number of nitrogens with zero attached hydrogens (tertiary/aromatic N) is 1. The van der Waals surface area contributed by atoms with Crippen molar-refractivity contribution in [2.75, 3.05) is 18.9 Å². The molecule has 2 aromatic carbocycles. The minimum Gasteiger partial charge on any atom is -0.495 e. The van der Waals surface area contributed by atoms with E-state index in [1.807, 2.05) is 0 Å². The van der Waals surface area contributed by atoms with Gasteiger partial charge in [0.1, 0.15) is 5.75 Å². The molecular weight excluding hydrogens is 350 g/mol. The maximum absolute atomic E-state index is 12.5. The van der Waals surface area contributed by atoms with Crippen molar-refractivity contribution in [3.63, 3.8) is 0 Å². The highest BCUT2D eigenvalue weighted by Gasteiger charge is 2.19. The standard InChI is InChI=1S/C15H15N3O6S/c1-16-15(19)10-3-8-14(24-2)13(9-10)17-25(22,23)12-6-4-11(5-7-12)18(20)21/h3-9,17H,1-2H3,(H,16,19). The van der Waals surface area contributed by atoms with Gasteiger partial charge in [0.25, 0.3) is 21.6 Å². The van der Waals surface area contributed by atoms with Crippen LogP contribution in [0.25, 0.3) is 0 Å². The molecule has 0 spiro atoms. The van der Waals surface area contributed by atoms with E-state index in [0.29, 0.717) is 0 Å². The van der Waals surface area contributed by atoms with Crippen molar-refractivity contribution in [3.8, 4) is 5.75 Å². The molecule has 0 saturated carbocycles. The highest BCUT2D eigenvalue weighted by Crippen LogP contribution is 2.28. The first-order chi connectivity index (χ1) is 11.8. The third-order valence-electron chi connectivity index (χ3n) is 3.29. The van der Waals surface area contributed by atoms with E-state index in [1.165, 1.54) is 32.4 Å². The Hall–Kier alpha value is -3.14. The number of benzene rings is 2. The number of carbonyl (C=O) groups is 1. The number of nitro benzene ring substituents is 1. The van der Waals surface area contributed by atoms with Crippen LogP contribution in [-0.2, 0) is 10.0 Å². The Kier molecular flexibility index (Phi) is 5.22. The maximum atomic E-state index is 12.5. The van der Waals surface area contributed by atoms with Gasteiger partial charge in [-0.05, 0) is 30.3 Å². The summed E-state index contributed by atoms with van der Waals surface area (Å²) in [7, 11) is -1.21. The van der Waals surface area contributed by atoms with E-state index < -0.39 is 20.9 Å². The first-order valence-electron chi connectivity index (χ1n) is 6.96. The minimum absolute atomic E-state index is 0.0713. The first kappa shape index (κ1) is 18.2. The molecule has 1 amide bonds. The number of ether oxygens (including phenoxy) is 1. The Bertz CT molecular complexity index is 909. The van der Waals surface area contributed by atoms with Crippen molar-refractivity contribution in [2.45, 2.75) is 4.90 Å². The third kappa shape index (κ3) is 4.04. The number of nitrogens with one attached hydrogen (secondary N) is 2. The minimum atomic E-state index is -4.02. The summed E-state index contributed by atoms with van der Waals surface area (Å²) in [6.07, 6.45) is 0. The molecule has 0 aromatic heterocycles. The second kappa shape index (κ2) is 7.18. The Morgan fingerprint density at radius 3 is 2.32 bits per heavy atom. The Balaban J connectivity index is 2.39. The van der Waals surface area contributed by atoms with Gasteiger partial charge < -0.3 is 10.1 Å². The van der Waals surface area contributed by atoms with Crippen molar-refractivity contribution in [2.24, 2.45) is 0 Å². The van der Waals surface area contributed by atoms with Gasteiger partial charge >= 0.3 is 0 Å². The van der Waals surface area contributed by atoms with Gasteiger partial charge in [-0.25, -0.2) is 8.42 Å². The van der Waals surface area contributed by atoms with Gasteiger partial charge in [-0.2, -0.15) is 0 Å². The summed E-state index contributed by atoms with van der Waals surface area (Å²) in [6.45, 7) is 0. The zero-order valence-corrected chi connectivity index (χ0v) is 14.2. The smallest absolute Gasteiger partial charge is 0.269 e. The van der Waals surface area contributed by atoms with Crippen LogP contribution in [0.15, 0.2) is 47.4 Å². The van der Waals surface area contributed by atoms with Gasteiger partial charge in [0, 0.05) is 24.7 Å². The van der Waals surface area contributed by atoms with Gasteiger partial charge in [-0.3, -0.25) is 19.6 Å². The number of hydrogen-bond acceptors (Lipinski definition) is 6. The van der Waals surface area contributed by atoms with Crippen LogP contribution in [0.1, 0.15) is 10.4 Å². The van der Waals surface area contributed by atoms with Crippen molar-refractivity contribution in [3.05, 3.63) is 58.1 Å². The van der Waals surface area contributed by atoms with Crippen molar-refractivity contribution >= 4 is 27.3 Å². The fraction of sp³-hybridized carbons (Fsp3) is 0.133. The molecule has 10 heteroatoms. The second-order valence-electron chi connectivity index (χ2n) is 4.85. The molecule has 2 rings (SSSR count). The van der Waals surface area contributed by atoms with E-state index in [-0.39, 0.29) is 27.6 Å². The van der Waals surface area contributed by atoms with Crippen molar-refractivity contribution in [1.82, 2.24) is 5.32 Å². The van der Waals surface area contributed by atoms with E-state index in [4.69, 9.17) is 4.74 Å². The molecule has 0 unspecified atom stereocenters. The number of sulfonamides is 1. The lowest BCUT2D eigenvalue weighted by Gasteiger charge is -2.13. The maximum Gasteiger partial charge on any atom is 0.269 e. The van der Waals surface area contributed by atoms with Gasteiger partial charge in [0.15, 0.2) is 0 Å². The molecule has 132 valence electrons. The molecule has 0 aliphatic rings. The predicted molar refractivity (Wildman–Crippen MR) is 90.3 cm³/mol. The highest BCUT2D eigenvalue weighted by molar-refractivity contribution is 7.92. The number of hydrogen-bond donors (Lipinski definition) is 2. The molecule has 25 heavy (non-hydrogen) atoms. The molecule has 0 radical (unpaired) electrons.